The van der Waals surface area contributed by atoms with Crippen molar-refractivity contribution in [3.05, 3.63) is 144 Å². The van der Waals surface area contributed by atoms with Gasteiger partial charge in [0.05, 0.1) is 45.5 Å². The molecule has 0 aliphatic rings. The quantitative estimate of drug-likeness (QED) is 0.0148. The van der Waals surface area contributed by atoms with Crippen LogP contribution in [-0.4, -0.2) is 182 Å². The fraction of sp³-hybridized carbons (Fsp3) is 0.425. The van der Waals surface area contributed by atoms with E-state index in [4.69, 9.17) is 18.9 Å². The summed E-state index contributed by atoms with van der Waals surface area (Å²) < 4.78 is 33.3. The van der Waals surface area contributed by atoms with E-state index in [-0.39, 0.29) is 110 Å². The zero-order chi connectivity index (χ0) is 89.1. The van der Waals surface area contributed by atoms with Crippen molar-refractivity contribution >= 4 is 129 Å². The number of carbonyl (C=O) groups is 14. The normalized spacial score (nSPS) is 11.3. The number of alkyl carbamates (subject to hydrolysis) is 2. The third-order valence-corrected chi connectivity index (χ3v) is 16.7. The van der Waals surface area contributed by atoms with Gasteiger partial charge in [-0.15, -0.1) is 0 Å². The van der Waals surface area contributed by atoms with Gasteiger partial charge in [-0.2, -0.15) is 0 Å². The zero-order valence-corrected chi connectivity index (χ0v) is 71.2. The first-order valence-electron chi connectivity index (χ1n) is 38.2. The molecule has 14 N–H and O–H groups in total. The second-order valence-electron chi connectivity index (χ2n) is 32.1. The summed E-state index contributed by atoms with van der Waals surface area (Å²) in [5, 5.41) is 37.9. The molecule has 0 aromatic carbocycles. The van der Waals surface area contributed by atoms with E-state index in [1.807, 2.05) is 0 Å². The first-order chi connectivity index (χ1) is 55.9. The number of anilines is 8. The SMILES string of the molecule is Cn1cc(NC(=O)c2cc(NC(=O)CCNC(=O)OC(C)(C)C)cn2C)cc1C(=O)NCCCNC(=O)c1cc(NC(=O)c2cc(NC(=O)CCNC(=O)OC(C)(C)C)cn2C)cn1C.Cn1cc(NC(=O)c2cc(NC(=O)OC(C)(C)C)cn2C)cc1C(=O)NCCCNC(=O)c1cc(NC(=O)c2cc(NC(=O)OC(C)(C)C)cn2C)cn1C. The molecule has 0 saturated heterocycles. The summed E-state index contributed by atoms with van der Waals surface area (Å²) in [4.78, 5) is 177. The van der Waals surface area contributed by atoms with Gasteiger partial charge in [-0.25, -0.2) is 19.2 Å². The fourth-order valence-electron chi connectivity index (χ4n) is 11.5. The maximum absolute atomic E-state index is 13.1. The van der Waals surface area contributed by atoms with E-state index >= 15 is 0 Å². The van der Waals surface area contributed by atoms with Crippen molar-refractivity contribution in [3.63, 3.8) is 0 Å². The second kappa shape index (κ2) is 40.3. The van der Waals surface area contributed by atoms with E-state index < -0.39 is 82.2 Å². The molecule has 0 atom stereocenters. The average Bonchev–Trinajstić information content (AvgIpc) is 1.69. The van der Waals surface area contributed by atoms with Crippen LogP contribution in [0.1, 0.15) is 193 Å². The number of nitrogens with zero attached hydrogens (tertiary/aromatic N) is 8. The second-order valence-corrected chi connectivity index (χ2v) is 32.1. The summed E-state index contributed by atoms with van der Waals surface area (Å²) in [5.41, 5.74) is 2.62. The molecule has 120 heavy (non-hydrogen) atoms. The van der Waals surface area contributed by atoms with Crippen LogP contribution < -0.4 is 74.4 Å². The van der Waals surface area contributed by atoms with Crippen molar-refractivity contribution in [3.8, 4) is 0 Å². The lowest BCUT2D eigenvalue weighted by Gasteiger charge is -2.19. The third kappa shape index (κ3) is 29.3. The van der Waals surface area contributed by atoms with E-state index in [0.29, 0.717) is 69.7 Å². The van der Waals surface area contributed by atoms with Crippen LogP contribution in [0.2, 0.25) is 0 Å². The molecular formula is C80H110N22O18. The number of rotatable bonds is 30. The van der Waals surface area contributed by atoms with E-state index in [2.05, 4.69) is 74.4 Å². The molecule has 0 unspecified atom stereocenters. The van der Waals surface area contributed by atoms with Gasteiger partial charge in [0.25, 0.3) is 47.3 Å². The molecule has 40 nitrogen and oxygen atoms in total. The molecule has 0 bridgehead atoms. The van der Waals surface area contributed by atoms with E-state index in [1.165, 1.54) is 36.4 Å². The Labute approximate surface area is 693 Å². The molecule has 8 aromatic heterocycles. The standard InChI is InChI=1S/C43H60N12O10.C37H50N10O8/c1-42(2,3)64-40(62)46-16-12-34(56)48-26-18-32(54(9)22-26)38(60)50-28-20-30(52(7)24-28)36(58)44-14-11-15-45-37(59)31-21-29(25-53(31)8)51-39(61)33-19-27(23-55(33)10)49-35(57)13-17-47-41(63)65-43(4,5)6;1-36(2,3)54-34(52)42-24-16-28(46(9)20-24)32(50)40-22-14-26(44(7)18-22)30(48)38-12-11-13-39-31(49)27-15-23(19-45(27)8)41-33(51)29-17-25(21-47(29)10)43-35(53)55-37(4,5)6/h18-25H,11-17H2,1-10H3,(H,44,58)(H,45,59)(H,46,62)(H,47,63)(H,48,56)(H,49,57)(H,50,60)(H,51,61);14-21H,11-13H2,1-10H3,(H,38,48)(H,39,49)(H,40,50)(H,41,51)(H,42,52)(H,43,53). The number of carbonyl (C=O) groups excluding carboxylic acids is 14. The third-order valence-electron chi connectivity index (χ3n) is 16.7. The topological polar surface area (TPSA) is 484 Å². The summed E-state index contributed by atoms with van der Waals surface area (Å²) in [7, 11) is 13.3. The number of aromatic nitrogens is 8. The fourth-order valence-corrected chi connectivity index (χ4v) is 11.5. The van der Waals surface area contributed by atoms with Gasteiger partial charge in [-0.05, 0) is 144 Å². The molecule has 0 saturated carbocycles. The van der Waals surface area contributed by atoms with E-state index in [9.17, 15) is 67.1 Å². The Morgan fingerprint density at radius 3 is 0.608 bits per heavy atom. The highest BCUT2D eigenvalue weighted by Crippen LogP contribution is 2.25. The van der Waals surface area contributed by atoms with Crippen molar-refractivity contribution in [2.75, 3.05) is 81.8 Å². The number of hydrogen-bond acceptors (Lipinski definition) is 18. The molecule has 0 fully saturated rings. The van der Waals surface area contributed by atoms with Crippen LogP contribution in [0, 0.1) is 0 Å². The number of amides is 14. The van der Waals surface area contributed by atoms with Gasteiger partial charge in [0.2, 0.25) is 11.8 Å². The van der Waals surface area contributed by atoms with E-state index in [1.54, 1.807) is 238 Å². The summed E-state index contributed by atoms with van der Waals surface area (Å²) >= 11 is 0. The van der Waals surface area contributed by atoms with Crippen LogP contribution in [0.25, 0.3) is 0 Å². The Morgan fingerprint density at radius 2 is 0.408 bits per heavy atom. The van der Waals surface area contributed by atoms with Crippen LogP contribution in [0.4, 0.5) is 64.7 Å². The largest absolute Gasteiger partial charge is 0.444 e. The predicted octanol–water partition coefficient (Wildman–Crippen LogP) is 8.59. The Bertz CT molecular complexity index is 4810. The Kier molecular flexibility index (Phi) is 31.3. The van der Waals surface area contributed by atoms with Gasteiger partial charge >= 0.3 is 24.4 Å². The first-order valence-corrected chi connectivity index (χ1v) is 38.2. The molecule has 0 spiro atoms. The maximum Gasteiger partial charge on any atom is 0.412 e. The Morgan fingerprint density at radius 1 is 0.233 bits per heavy atom. The Balaban J connectivity index is 0.000000335. The summed E-state index contributed by atoms with van der Waals surface area (Å²) in [6.07, 6.45) is 11.0. The molecule has 0 aliphatic carbocycles. The van der Waals surface area contributed by atoms with Gasteiger partial charge in [0, 0.05) is 158 Å². The summed E-state index contributed by atoms with van der Waals surface area (Å²) in [6, 6.07) is 12.2. The van der Waals surface area contributed by atoms with Crippen LogP contribution >= 0.6 is 0 Å². The molecule has 648 valence electrons. The van der Waals surface area contributed by atoms with Crippen LogP contribution in [0.5, 0.6) is 0 Å². The van der Waals surface area contributed by atoms with Gasteiger partial charge < -0.3 is 119 Å². The monoisotopic (exact) mass is 1670 g/mol. The molecule has 8 rings (SSSR count). The number of hydrogen-bond donors (Lipinski definition) is 14. The summed E-state index contributed by atoms with van der Waals surface area (Å²) in [5.74, 6) is -4.11. The lowest BCUT2D eigenvalue weighted by atomic mass is 10.2. The summed E-state index contributed by atoms with van der Waals surface area (Å²) in [6.45, 7) is 22.0. The lowest BCUT2D eigenvalue weighted by molar-refractivity contribution is -0.116. The highest BCUT2D eigenvalue weighted by atomic mass is 16.6. The number of ether oxygens (including phenoxy) is 4. The van der Waals surface area contributed by atoms with Crippen molar-refractivity contribution < 1.29 is 86.1 Å². The lowest BCUT2D eigenvalue weighted by Crippen LogP contribution is -2.34. The van der Waals surface area contributed by atoms with Crippen LogP contribution in [0.3, 0.4) is 0 Å². The minimum Gasteiger partial charge on any atom is -0.444 e. The van der Waals surface area contributed by atoms with Crippen molar-refractivity contribution in [2.45, 2.75) is 131 Å². The zero-order valence-electron chi connectivity index (χ0n) is 71.2. The Hall–Kier alpha value is -14.0. The molecule has 8 heterocycles. The first kappa shape index (κ1) is 93.2. The average molecular weight is 1670 g/mol. The van der Waals surface area contributed by atoms with Crippen molar-refractivity contribution in [2.24, 2.45) is 56.4 Å². The number of aryl methyl sites for hydroxylation is 8. The molecule has 8 aromatic rings. The molecular weight excluding hydrogens is 1560 g/mol. The minimum atomic E-state index is -0.675. The highest BCUT2D eigenvalue weighted by molar-refractivity contribution is 6.09. The highest BCUT2D eigenvalue weighted by Gasteiger charge is 2.26. The molecule has 0 aliphatic heterocycles. The smallest absolute Gasteiger partial charge is 0.412 e. The molecule has 14 amide bonds. The predicted molar refractivity (Wildman–Crippen MR) is 448 cm³/mol. The minimum absolute atomic E-state index is 0.0114. The molecule has 40 heteroatoms. The van der Waals surface area contributed by atoms with E-state index in [0.717, 1.165) is 0 Å². The van der Waals surface area contributed by atoms with Gasteiger partial charge in [0.15, 0.2) is 0 Å². The van der Waals surface area contributed by atoms with Crippen molar-refractivity contribution in [1.82, 2.24) is 68.4 Å². The number of nitrogens with one attached hydrogen (secondary N) is 14. The van der Waals surface area contributed by atoms with Gasteiger partial charge in [-0.1, -0.05) is 0 Å². The van der Waals surface area contributed by atoms with Crippen LogP contribution in [0.15, 0.2) is 98.1 Å². The van der Waals surface area contributed by atoms with Gasteiger partial charge in [-0.3, -0.25) is 58.6 Å². The maximum atomic E-state index is 13.1. The molecule has 0 radical (unpaired) electrons. The van der Waals surface area contributed by atoms with Crippen LogP contribution in [-0.2, 0) is 84.9 Å². The van der Waals surface area contributed by atoms with Crippen molar-refractivity contribution in [1.29, 1.82) is 0 Å². The van der Waals surface area contributed by atoms with Gasteiger partial charge in [0.1, 0.15) is 68.0 Å².